The molecule has 0 aromatic carbocycles. The molecule has 2 heterocycles. The molecule has 1 aliphatic rings. The fourth-order valence-corrected chi connectivity index (χ4v) is 3.85. The number of carbonyl (C=O) groups is 1. The summed E-state index contributed by atoms with van der Waals surface area (Å²) in [5, 5.41) is 2.89. The summed E-state index contributed by atoms with van der Waals surface area (Å²) < 4.78 is 44.6. The molecular formula is C19H22F3N3O2S. The molecule has 2 aromatic rings. The van der Waals surface area contributed by atoms with Gasteiger partial charge in [0.2, 0.25) is 5.91 Å². The average molecular weight is 413 g/mol. The van der Waals surface area contributed by atoms with Gasteiger partial charge in [-0.05, 0) is 31.0 Å². The van der Waals surface area contributed by atoms with Crippen LogP contribution in [-0.2, 0) is 11.0 Å². The number of hydrogen-bond donors (Lipinski definition) is 1. The zero-order valence-electron chi connectivity index (χ0n) is 15.3. The van der Waals surface area contributed by atoms with Crippen LogP contribution in [-0.4, -0.2) is 27.7 Å². The molecule has 1 aliphatic carbocycles. The maximum absolute atomic E-state index is 13.2. The van der Waals surface area contributed by atoms with E-state index in [0.717, 1.165) is 43.5 Å². The fourth-order valence-electron chi connectivity index (χ4n) is 3.19. The Labute approximate surface area is 165 Å². The average Bonchev–Trinajstić information content (AvgIpc) is 3.16. The zero-order valence-corrected chi connectivity index (χ0v) is 16.1. The van der Waals surface area contributed by atoms with Crippen LogP contribution in [0.25, 0.3) is 11.5 Å². The first-order valence-electron chi connectivity index (χ1n) is 9.34. The summed E-state index contributed by atoms with van der Waals surface area (Å²) in [5.74, 6) is -0.0278. The predicted octanol–water partition coefficient (Wildman–Crippen LogP) is 5.08. The van der Waals surface area contributed by atoms with E-state index in [1.165, 1.54) is 31.6 Å². The lowest BCUT2D eigenvalue weighted by Gasteiger charge is -2.20. The van der Waals surface area contributed by atoms with Crippen molar-refractivity contribution in [3.05, 3.63) is 30.2 Å². The van der Waals surface area contributed by atoms with Gasteiger partial charge >= 0.3 is 6.18 Å². The van der Waals surface area contributed by atoms with Gasteiger partial charge in [0.15, 0.2) is 10.9 Å². The summed E-state index contributed by atoms with van der Waals surface area (Å²) in [5.41, 5.74) is -1.02. The molecule has 28 heavy (non-hydrogen) atoms. The van der Waals surface area contributed by atoms with E-state index in [9.17, 15) is 18.0 Å². The minimum atomic E-state index is -4.61. The number of thioether (sulfide) groups is 1. The van der Waals surface area contributed by atoms with Gasteiger partial charge in [-0.15, -0.1) is 0 Å². The van der Waals surface area contributed by atoms with Crippen LogP contribution >= 0.6 is 11.8 Å². The topological polar surface area (TPSA) is 68.0 Å². The van der Waals surface area contributed by atoms with Gasteiger partial charge in [-0.25, -0.2) is 9.97 Å². The second kappa shape index (κ2) is 9.45. The van der Waals surface area contributed by atoms with Gasteiger partial charge in [-0.3, -0.25) is 4.79 Å². The summed E-state index contributed by atoms with van der Waals surface area (Å²) in [6, 6.07) is 4.07. The molecule has 1 N–H and O–H groups in total. The number of nitrogens with zero attached hydrogens (tertiary/aromatic N) is 2. The quantitative estimate of drug-likeness (QED) is 0.547. The smallest absolute Gasteiger partial charge is 0.433 e. The van der Waals surface area contributed by atoms with Crippen LogP contribution in [0.3, 0.4) is 0 Å². The molecule has 0 unspecified atom stereocenters. The fraction of sp³-hybridized carbons (Fsp3) is 0.526. The normalized spacial score (nSPS) is 16.4. The van der Waals surface area contributed by atoms with Crippen LogP contribution in [0, 0.1) is 0 Å². The van der Waals surface area contributed by atoms with Gasteiger partial charge in [0.1, 0.15) is 11.4 Å². The van der Waals surface area contributed by atoms with Crippen LogP contribution in [0.4, 0.5) is 13.2 Å². The highest BCUT2D eigenvalue weighted by Crippen LogP contribution is 2.32. The molecule has 1 amide bonds. The van der Waals surface area contributed by atoms with Crippen molar-refractivity contribution in [1.82, 2.24) is 15.3 Å². The summed E-state index contributed by atoms with van der Waals surface area (Å²) in [7, 11) is 0. The lowest BCUT2D eigenvalue weighted by atomic mass is 9.97. The Hall–Kier alpha value is -2.03. The first-order valence-corrected chi connectivity index (χ1v) is 10.3. The molecule has 0 bridgehead atoms. The zero-order chi connectivity index (χ0) is 20.0. The molecule has 0 saturated heterocycles. The Morgan fingerprint density at radius 3 is 2.54 bits per heavy atom. The SMILES string of the molecule is O=C(CSc1nc(-c2ccco2)cc(C(F)(F)F)n1)NC1CCCCCCC1. The third-order valence-corrected chi connectivity index (χ3v) is 5.42. The van der Waals surface area contributed by atoms with Crippen LogP contribution in [0.5, 0.6) is 0 Å². The molecule has 0 radical (unpaired) electrons. The van der Waals surface area contributed by atoms with Crippen LogP contribution in [0.1, 0.15) is 50.6 Å². The number of amides is 1. The van der Waals surface area contributed by atoms with Crippen molar-refractivity contribution in [3.8, 4) is 11.5 Å². The van der Waals surface area contributed by atoms with E-state index in [0.29, 0.717) is 0 Å². The highest BCUT2D eigenvalue weighted by molar-refractivity contribution is 7.99. The number of rotatable bonds is 5. The lowest BCUT2D eigenvalue weighted by molar-refractivity contribution is -0.141. The molecular weight excluding hydrogens is 391 g/mol. The third kappa shape index (κ3) is 5.98. The molecule has 5 nitrogen and oxygen atoms in total. The van der Waals surface area contributed by atoms with E-state index in [4.69, 9.17) is 4.42 Å². The Bertz CT molecular complexity index is 773. The number of hydrogen-bond acceptors (Lipinski definition) is 5. The second-order valence-electron chi connectivity index (χ2n) is 6.79. The summed E-state index contributed by atoms with van der Waals surface area (Å²) in [6.07, 6.45) is 4.40. The molecule has 2 aromatic heterocycles. The van der Waals surface area contributed by atoms with Crippen molar-refractivity contribution >= 4 is 17.7 Å². The van der Waals surface area contributed by atoms with Crippen LogP contribution in [0.15, 0.2) is 34.0 Å². The van der Waals surface area contributed by atoms with Gasteiger partial charge in [0.25, 0.3) is 0 Å². The number of alkyl halides is 3. The minimum absolute atomic E-state index is 0.0323. The molecule has 0 aliphatic heterocycles. The van der Waals surface area contributed by atoms with E-state index in [2.05, 4.69) is 15.3 Å². The van der Waals surface area contributed by atoms with Gasteiger partial charge in [0, 0.05) is 6.04 Å². The minimum Gasteiger partial charge on any atom is -0.463 e. The number of aromatic nitrogens is 2. The van der Waals surface area contributed by atoms with Crippen molar-refractivity contribution in [2.45, 2.75) is 62.3 Å². The molecule has 0 atom stereocenters. The number of carbonyl (C=O) groups excluding carboxylic acids is 1. The van der Waals surface area contributed by atoms with Crippen molar-refractivity contribution in [3.63, 3.8) is 0 Å². The number of nitrogens with one attached hydrogen (secondary N) is 1. The maximum Gasteiger partial charge on any atom is 0.433 e. The van der Waals surface area contributed by atoms with Crippen LogP contribution in [0.2, 0.25) is 0 Å². The Balaban J connectivity index is 1.65. The first kappa shape index (κ1) is 20.7. The lowest BCUT2D eigenvalue weighted by Crippen LogP contribution is -2.36. The van der Waals surface area contributed by atoms with E-state index >= 15 is 0 Å². The Morgan fingerprint density at radius 2 is 1.89 bits per heavy atom. The van der Waals surface area contributed by atoms with E-state index in [1.54, 1.807) is 6.07 Å². The molecule has 152 valence electrons. The molecule has 0 spiro atoms. The molecule has 1 fully saturated rings. The standard InChI is InChI=1S/C19H22F3N3O2S/c20-19(21,22)16-11-14(15-9-6-10-27-15)24-18(25-16)28-12-17(26)23-13-7-4-2-1-3-5-8-13/h6,9-11,13H,1-5,7-8,12H2,(H,23,26). The van der Waals surface area contributed by atoms with Gasteiger partial charge < -0.3 is 9.73 Å². The van der Waals surface area contributed by atoms with E-state index in [-0.39, 0.29) is 34.3 Å². The number of furan rings is 1. The Morgan fingerprint density at radius 1 is 1.18 bits per heavy atom. The Kier molecular flexibility index (Phi) is 6.98. The van der Waals surface area contributed by atoms with Crippen molar-refractivity contribution < 1.29 is 22.4 Å². The predicted molar refractivity (Wildman–Crippen MR) is 99.7 cm³/mol. The number of halogens is 3. The third-order valence-electron chi connectivity index (χ3n) is 4.57. The van der Waals surface area contributed by atoms with Crippen molar-refractivity contribution in [1.29, 1.82) is 0 Å². The molecule has 9 heteroatoms. The van der Waals surface area contributed by atoms with Crippen molar-refractivity contribution in [2.75, 3.05) is 5.75 Å². The monoisotopic (exact) mass is 413 g/mol. The van der Waals surface area contributed by atoms with E-state index < -0.39 is 11.9 Å². The first-order chi connectivity index (χ1) is 13.4. The van der Waals surface area contributed by atoms with Crippen molar-refractivity contribution in [2.24, 2.45) is 0 Å². The largest absolute Gasteiger partial charge is 0.463 e. The highest BCUT2D eigenvalue weighted by atomic mass is 32.2. The second-order valence-corrected chi connectivity index (χ2v) is 7.74. The highest BCUT2D eigenvalue weighted by Gasteiger charge is 2.34. The maximum atomic E-state index is 13.2. The van der Waals surface area contributed by atoms with Gasteiger partial charge in [-0.2, -0.15) is 13.2 Å². The summed E-state index contributed by atoms with van der Waals surface area (Å²) >= 11 is 0.892. The summed E-state index contributed by atoms with van der Waals surface area (Å²) in [6.45, 7) is 0. The van der Waals surface area contributed by atoms with Gasteiger partial charge in [0.05, 0.1) is 12.0 Å². The summed E-state index contributed by atoms with van der Waals surface area (Å²) in [4.78, 5) is 19.9. The van der Waals surface area contributed by atoms with Crippen LogP contribution < -0.4 is 5.32 Å². The van der Waals surface area contributed by atoms with Gasteiger partial charge in [-0.1, -0.05) is 43.9 Å². The molecule has 1 saturated carbocycles. The molecule has 3 rings (SSSR count). The van der Waals surface area contributed by atoms with E-state index in [1.807, 2.05) is 0 Å².